The highest BCUT2D eigenvalue weighted by molar-refractivity contribution is 5.55. The smallest absolute Gasteiger partial charge is 0.0414 e. The lowest BCUT2D eigenvalue weighted by Crippen LogP contribution is -2.31. The maximum absolute atomic E-state index is 5.79. The maximum Gasteiger partial charge on any atom is 0.0414 e. The van der Waals surface area contributed by atoms with Gasteiger partial charge in [0, 0.05) is 25.3 Å². The Morgan fingerprint density at radius 3 is 2.38 bits per heavy atom. The molecule has 0 bridgehead atoms. The van der Waals surface area contributed by atoms with Crippen molar-refractivity contribution in [2.75, 3.05) is 11.9 Å². The fraction of sp³-hybridized carbons (Fsp3) is 0.571. The first-order valence-corrected chi connectivity index (χ1v) is 6.16. The molecular formula is C14H24N2. The largest absolute Gasteiger partial charge is 0.371 e. The van der Waals surface area contributed by atoms with E-state index in [4.69, 9.17) is 5.73 Å². The summed E-state index contributed by atoms with van der Waals surface area (Å²) in [5.41, 5.74) is 9.62. The van der Waals surface area contributed by atoms with Gasteiger partial charge in [-0.3, -0.25) is 0 Å². The Morgan fingerprint density at radius 1 is 1.25 bits per heavy atom. The zero-order valence-electron chi connectivity index (χ0n) is 11.0. The first-order chi connectivity index (χ1) is 7.63. The van der Waals surface area contributed by atoms with Crippen LogP contribution in [0.5, 0.6) is 0 Å². The van der Waals surface area contributed by atoms with E-state index >= 15 is 0 Å². The number of rotatable bonds is 5. The van der Waals surface area contributed by atoms with Gasteiger partial charge in [-0.05, 0) is 37.0 Å². The predicted molar refractivity (Wildman–Crippen MR) is 71.8 cm³/mol. The topological polar surface area (TPSA) is 29.3 Å². The van der Waals surface area contributed by atoms with Crippen LogP contribution in [0.3, 0.4) is 0 Å². The monoisotopic (exact) mass is 220 g/mol. The van der Waals surface area contributed by atoms with Gasteiger partial charge in [-0.2, -0.15) is 0 Å². The molecule has 0 aliphatic heterocycles. The van der Waals surface area contributed by atoms with Crippen molar-refractivity contribution in [3.8, 4) is 0 Å². The Kier molecular flexibility index (Phi) is 4.81. The lowest BCUT2D eigenvalue weighted by Gasteiger charge is -2.30. The van der Waals surface area contributed by atoms with E-state index in [1.165, 1.54) is 29.7 Å². The average Bonchev–Trinajstić information content (AvgIpc) is 2.30. The van der Waals surface area contributed by atoms with Crippen molar-refractivity contribution >= 4 is 5.69 Å². The molecule has 0 amide bonds. The Labute approximate surface area is 99.5 Å². The van der Waals surface area contributed by atoms with Crippen molar-refractivity contribution in [2.45, 2.75) is 46.2 Å². The zero-order valence-corrected chi connectivity index (χ0v) is 11.0. The van der Waals surface area contributed by atoms with Gasteiger partial charge >= 0.3 is 0 Å². The fourth-order valence-electron chi connectivity index (χ4n) is 2.21. The van der Waals surface area contributed by atoms with E-state index in [2.05, 4.69) is 50.9 Å². The van der Waals surface area contributed by atoms with E-state index in [1.807, 2.05) is 0 Å². The number of benzene rings is 1. The highest BCUT2D eigenvalue weighted by Crippen LogP contribution is 2.24. The number of anilines is 1. The van der Waals surface area contributed by atoms with Crippen LogP contribution in [0.1, 0.15) is 37.8 Å². The van der Waals surface area contributed by atoms with Gasteiger partial charge < -0.3 is 10.6 Å². The molecule has 0 radical (unpaired) electrons. The van der Waals surface area contributed by atoms with E-state index in [9.17, 15) is 0 Å². The SMILES string of the molecule is CCC(CC)N(C)c1cc(C)ccc1CN. The molecule has 1 aromatic rings. The number of hydrogen-bond acceptors (Lipinski definition) is 2. The minimum atomic E-state index is 0.604. The molecule has 0 atom stereocenters. The molecule has 0 aliphatic rings. The molecule has 0 spiro atoms. The number of nitrogens with zero attached hydrogens (tertiary/aromatic N) is 1. The number of hydrogen-bond donors (Lipinski definition) is 1. The van der Waals surface area contributed by atoms with Gasteiger partial charge in [-0.15, -0.1) is 0 Å². The highest BCUT2D eigenvalue weighted by Gasteiger charge is 2.13. The fourth-order valence-corrected chi connectivity index (χ4v) is 2.21. The van der Waals surface area contributed by atoms with Crippen molar-refractivity contribution in [2.24, 2.45) is 5.73 Å². The summed E-state index contributed by atoms with van der Waals surface area (Å²) in [5, 5.41) is 0. The molecule has 1 rings (SSSR count). The molecule has 16 heavy (non-hydrogen) atoms. The molecule has 90 valence electrons. The third-order valence-electron chi connectivity index (χ3n) is 3.33. The Balaban J connectivity index is 3.04. The van der Waals surface area contributed by atoms with Crippen LogP contribution in [-0.2, 0) is 6.54 Å². The molecule has 0 heterocycles. The number of aryl methyl sites for hydroxylation is 1. The molecule has 2 heteroatoms. The summed E-state index contributed by atoms with van der Waals surface area (Å²) in [6, 6.07) is 7.11. The summed E-state index contributed by atoms with van der Waals surface area (Å²) < 4.78 is 0. The standard InChI is InChI=1S/C14H24N2/c1-5-13(6-2)16(4)14-9-11(3)7-8-12(14)10-15/h7-9,13H,5-6,10,15H2,1-4H3. The van der Waals surface area contributed by atoms with E-state index < -0.39 is 0 Å². The van der Waals surface area contributed by atoms with Crippen molar-refractivity contribution in [3.63, 3.8) is 0 Å². The van der Waals surface area contributed by atoms with Crippen LogP contribution in [0.2, 0.25) is 0 Å². The van der Waals surface area contributed by atoms with Gasteiger partial charge in [0.25, 0.3) is 0 Å². The molecule has 2 N–H and O–H groups in total. The van der Waals surface area contributed by atoms with Gasteiger partial charge in [0.2, 0.25) is 0 Å². The molecule has 0 saturated carbocycles. The summed E-state index contributed by atoms with van der Waals surface area (Å²) in [7, 11) is 2.17. The molecule has 1 aromatic carbocycles. The second-order valence-electron chi connectivity index (χ2n) is 4.42. The quantitative estimate of drug-likeness (QED) is 0.826. The van der Waals surface area contributed by atoms with Crippen molar-refractivity contribution in [1.82, 2.24) is 0 Å². The van der Waals surface area contributed by atoms with Gasteiger partial charge in [0.05, 0.1) is 0 Å². The average molecular weight is 220 g/mol. The number of nitrogens with two attached hydrogens (primary N) is 1. The van der Waals surface area contributed by atoms with Gasteiger partial charge in [0.1, 0.15) is 0 Å². The normalized spacial score (nSPS) is 10.9. The van der Waals surface area contributed by atoms with Crippen LogP contribution in [0.25, 0.3) is 0 Å². The van der Waals surface area contributed by atoms with Crippen LogP contribution < -0.4 is 10.6 Å². The summed E-state index contributed by atoms with van der Waals surface area (Å²) in [4.78, 5) is 2.37. The second-order valence-corrected chi connectivity index (χ2v) is 4.42. The van der Waals surface area contributed by atoms with E-state index in [0.717, 1.165) is 0 Å². The molecule has 2 nitrogen and oxygen atoms in total. The van der Waals surface area contributed by atoms with E-state index in [-0.39, 0.29) is 0 Å². The summed E-state index contributed by atoms with van der Waals surface area (Å²) in [6.07, 6.45) is 2.34. The maximum atomic E-state index is 5.79. The van der Waals surface area contributed by atoms with Crippen molar-refractivity contribution in [3.05, 3.63) is 29.3 Å². The molecular weight excluding hydrogens is 196 g/mol. The summed E-state index contributed by atoms with van der Waals surface area (Å²) in [6.45, 7) is 7.22. The third-order valence-corrected chi connectivity index (χ3v) is 3.33. The summed E-state index contributed by atoms with van der Waals surface area (Å²) >= 11 is 0. The molecule has 0 aliphatic carbocycles. The van der Waals surface area contributed by atoms with Gasteiger partial charge in [0.15, 0.2) is 0 Å². The highest BCUT2D eigenvalue weighted by atomic mass is 15.1. The van der Waals surface area contributed by atoms with Crippen molar-refractivity contribution < 1.29 is 0 Å². The van der Waals surface area contributed by atoms with Crippen LogP contribution in [0.4, 0.5) is 5.69 Å². The van der Waals surface area contributed by atoms with Crippen LogP contribution >= 0.6 is 0 Å². The molecule has 0 aromatic heterocycles. The lowest BCUT2D eigenvalue weighted by atomic mass is 10.1. The van der Waals surface area contributed by atoms with Gasteiger partial charge in [-0.1, -0.05) is 26.0 Å². The molecule has 0 saturated heterocycles. The second kappa shape index (κ2) is 5.90. The van der Waals surface area contributed by atoms with Crippen LogP contribution in [0.15, 0.2) is 18.2 Å². The Bertz CT molecular complexity index is 330. The summed E-state index contributed by atoms with van der Waals surface area (Å²) in [5.74, 6) is 0. The van der Waals surface area contributed by atoms with E-state index in [1.54, 1.807) is 0 Å². The lowest BCUT2D eigenvalue weighted by molar-refractivity contribution is 0.590. The van der Waals surface area contributed by atoms with E-state index in [0.29, 0.717) is 12.6 Å². The molecule has 0 unspecified atom stereocenters. The Hall–Kier alpha value is -1.02. The molecule has 0 fully saturated rings. The van der Waals surface area contributed by atoms with Crippen molar-refractivity contribution in [1.29, 1.82) is 0 Å². The zero-order chi connectivity index (χ0) is 12.1. The Morgan fingerprint density at radius 2 is 1.88 bits per heavy atom. The van der Waals surface area contributed by atoms with Crippen LogP contribution in [0, 0.1) is 6.92 Å². The van der Waals surface area contributed by atoms with Crippen LogP contribution in [-0.4, -0.2) is 13.1 Å². The minimum Gasteiger partial charge on any atom is -0.371 e. The predicted octanol–water partition coefficient (Wildman–Crippen LogP) is 3.08. The first-order valence-electron chi connectivity index (χ1n) is 6.16. The minimum absolute atomic E-state index is 0.604. The van der Waals surface area contributed by atoms with Gasteiger partial charge in [-0.25, -0.2) is 0 Å². The third kappa shape index (κ3) is 2.76. The first kappa shape index (κ1) is 13.0.